The fourth-order valence-electron chi connectivity index (χ4n) is 3.26. The third-order valence-corrected chi connectivity index (χ3v) is 6.52. The lowest BCUT2D eigenvalue weighted by Gasteiger charge is -2.19. The van der Waals surface area contributed by atoms with Gasteiger partial charge < -0.3 is 0 Å². The molecule has 0 saturated carbocycles. The van der Waals surface area contributed by atoms with Crippen LogP contribution in [0.4, 0.5) is 5.69 Å². The van der Waals surface area contributed by atoms with Crippen molar-refractivity contribution in [3.8, 4) is 11.8 Å². The van der Waals surface area contributed by atoms with Gasteiger partial charge in [0, 0.05) is 24.1 Å². The molecule has 2 atom stereocenters. The van der Waals surface area contributed by atoms with E-state index in [1.165, 1.54) is 12.1 Å². The third-order valence-electron chi connectivity index (χ3n) is 4.83. The number of benzene rings is 3. The van der Waals surface area contributed by atoms with E-state index >= 15 is 0 Å². The zero-order valence-electron chi connectivity index (χ0n) is 16.3. The topological polar surface area (TPSA) is 89.8 Å². The predicted octanol–water partition coefficient (Wildman–Crippen LogP) is 4.08. The first-order valence-corrected chi connectivity index (χ1v) is 11.0. The number of non-ortho nitro benzene ring substituents is 1. The smallest absolute Gasteiger partial charge is 0.269 e. The van der Waals surface area contributed by atoms with Crippen molar-refractivity contribution < 1.29 is 18.2 Å². The van der Waals surface area contributed by atoms with Gasteiger partial charge in [-0.25, -0.2) is 8.42 Å². The van der Waals surface area contributed by atoms with Gasteiger partial charge in [0.1, 0.15) is 12.1 Å². The highest BCUT2D eigenvalue weighted by Gasteiger charge is 2.42. The minimum atomic E-state index is -4.09. The van der Waals surface area contributed by atoms with Gasteiger partial charge in [0.05, 0.1) is 9.82 Å². The molecular formula is C23H18N2O5S. The summed E-state index contributed by atoms with van der Waals surface area (Å²) in [4.78, 5) is 16.1. The molecule has 0 N–H and O–H groups in total. The van der Waals surface area contributed by atoms with Crippen LogP contribution in [0.3, 0.4) is 0 Å². The van der Waals surface area contributed by atoms with E-state index in [1.807, 2.05) is 60.7 Å². The first kappa shape index (κ1) is 20.8. The van der Waals surface area contributed by atoms with Crippen molar-refractivity contribution in [2.75, 3.05) is 0 Å². The Kier molecular flexibility index (Phi) is 5.82. The molecule has 7 nitrogen and oxygen atoms in total. The molecule has 1 heterocycles. The first-order chi connectivity index (χ1) is 14.9. The van der Waals surface area contributed by atoms with Crippen molar-refractivity contribution in [2.45, 2.75) is 23.5 Å². The molecule has 0 aliphatic carbocycles. The minimum Gasteiger partial charge on any atom is -0.275 e. The largest absolute Gasteiger partial charge is 0.275 e. The molecule has 0 spiro atoms. The van der Waals surface area contributed by atoms with Crippen LogP contribution in [0.2, 0.25) is 0 Å². The van der Waals surface area contributed by atoms with Crippen LogP contribution in [0, 0.1) is 22.0 Å². The van der Waals surface area contributed by atoms with Crippen molar-refractivity contribution in [3.63, 3.8) is 0 Å². The van der Waals surface area contributed by atoms with Crippen LogP contribution >= 0.6 is 0 Å². The van der Waals surface area contributed by atoms with Gasteiger partial charge in [-0.15, -0.1) is 0 Å². The van der Waals surface area contributed by atoms with Crippen molar-refractivity contribution in [3.05, 3.63) is 106 Å². The highest BCUT2D eigenvalue weighted by Crippen LogP contribution is 2.37. The van der Waals surface area contributed by atoms with Crippen LogP contribution in [-0.4, -0.2) is 23.9 Å². The van der Waals surface area contributed by atoms with E-state index in [4.69, 9.17) is 4.84 Å². The van der Waals surface area contributed by atoms with E-state index in [-0.39, 0.29) is 10.6 Å². The van der Waals surface area contributed by atoms with E-state index < -0.39 is 27.1 Å². The molecular weight excluding hydrogens is 416 g/mol. The Morgan fingerprint density at radius 3 is 2.16 bits per heavy atom. The number of nitro benzene ring substituents is 1. The second-order valence-electron chi connectivity index (χ2n) is 6.90. The van der Waals surface area contributed by atoms with Crippen molar-refractivity contribution in [1.82, 2.24) is 4.47 Å². The molecule has 1 aliphatic rings. The number of nitrogens with zero attached hydrogens (tertiary/aromatic N) is 2. The molecule has 3 aromatic carbocycles. The van der Waals surface area contributed by atoms with Gasteiger partial charge in [-0.05, 0) is 29.8 Å². The first-order valence-electron chi connectivity index (χ1n) is 9.52. The van der Waals surface area contributed by atoms with E-state index in [1.54, 1.807) is 0 Å². The van der Waals surface area contributed by atoms with Crippen LogP contribution in [0.25, 0.3) is 0 Å². The summed E-state index contributed by atoms with van der Waals surface area (Å²) in [5, 5.41) is 10.9. The fourth-order valence-corrected chi connectivity index (χ4v) is 4.64. The second-order valence-corrected chi connectivity index (χ2v) is 8.68. The van der Waals surface area contributed by atoms with Crippen LogP contribution < -0.4 is 0 Å². The molecule has 2 unspecified atom stereocenters. The number of hydrogen-bond donors (Lipinski definition) is 0. The summed E-state index contributed by atoms with van der Waals surface area (Å²) in [6.07, 6.45) is -0.125. The van der Waals surface area contributed by atoms with Gasteiger partial charge in [-0.3, -0.25) is 15.0 Å². The van der Waals surface area contributed by atoms with E-state index in [0.29, 0.717) is 6.42 Å². The Labute approximate surface area is 180 Å². The van der Waals surface area contributed by atoms with Crippen LogP contribution in [-0.2, 0) is 14.9 Å². The molecule has 1 fully saturated rings. The number of hydrogen-bond acceptors (Lipinski definition) is 5. The molecule has 0 radical (unpaired) electrons. The zero-order chi connectivity index (χ0) is 21.8. The average Bonchev–Trinajstić information content (AvgIpc) is 3.24. The van der Waals surface area contributed by atoms with Gasteiger partial charge >= 0.3 is 0 Å². The normalized spacial score (nSPS) is 18.8. The van der Waals surface area contributed by atoms with Crippen molar-refractivity contribution >= 4 is 15.7 Å². The molecule has 0 aromatic heterocycles. The minimum absolute atomic E-state index is 0.0988. The molecule has 8 heteroatoms. The monoisotopic (exact) mass is 434 g/mol. The maximum atomic E-state index is 13.3. The van der Waals surface area contributed by atoms with Gasteiger partial charge in [0.25, 0.3) is 15.7 Å². The molecule has 31 heavy (non-hydrogen) atoms. The lowest BCUT2D eigenvalue weighted by molar-refractivity contribution is -0.384. The summed E-state index contributed by atoms with van der Waals surface area (Å²) in [5.41, 5.74) is 1.41. The molecule has 4 rings (SSSR count). The van der Waals surface area contributed by atoms with Crippen LogP contribution in [0.1, 0.15) is 23.7 Å². The summed E-state index contributed by atoms with van der Waals surface area (Å²) in [7, 11) is -4.09. The summed E-state index contributed by atoms with van der Waals surface area (Å²) in [5.74, 6) is 6.03. The number of hydroxylamine groups is 1. The SMILES string of the molecule is O=[N+]([O-])c1ccc(S(=O)(=O)N2OC(c3ccccc3)CC2C#Cc2ccccc2)cc1. The molecule has 0 bridgehead atoms. The lowest BCUT2D eigenvalue weighted by Crippen LogP contribution is -2.33. The summed E-state index contributed by atoms with van der Waals surface area (Å²) < 4.78 is 27.5. The Morgan fingerprint density at radius 1 is 0.935 bits per heavy atom. The Morgan fingerprint density at radius 2 is 1.55 bits per heavy atom. The molecule has 1 saturated heterocycles. The number of sulfonamides is 1. The van der Waals surface area contributed by atoms with Gasteiger partial charge in [0.2, 0.25) is 0 Å². The van der Waals surface area contributed by atoms with Crippen molar-refractivity contribution in [1.29, 1.82) is 0 Å². The van der Waals surface area contributed by atoms with E-state index in [2.05, 4.69) is 11.8 Å². The zero-order valence-corrected chi connectivity index (χ0v) is 17.1. The van der Waals surface area contributed by atoms with E-state index in [9.17, 15) is 18.5 Å². The fraction of sp³-hybridized carbons (Fsp3) is 0.130. The quantitative estimate of drug-likeness (QED) is 0.351. The van der Waals surface area contributed by atoms with Gasteiger partial charge in [-0.2, -0.15) is 0 Å². The summed E-state index contributed by atoms with van der Waals surface area (Å²) in [6.45, 7) is 0. The Balaban J connectivity index is 1.69. The highest BCUT2D eigenvalue weighted by atomic mass is 32.2. The van der Waals surface area contributed by atoms with E-state index in [0.717, 1.165) is 27.7 Å². The summed E-state index contributed by atoms with van der Waals surface area (Å²) in [6, 6.07) is 22.6. The third kappa shape index (κ3) is 4.49. The van der Waals surface area contributed by atoms with Gasteiger partial charge in [0.15, 0.2) is 0 Å². The van der Waals surface area contributed by atoms with Crippen LogP contribution in [0.15, 0.2) is 89.8 Å². The maximum Gasteiger partial charge on any atom is 0.269 e. The Hall–Kier alpha value is -3.51. The Bertz CT molecular complexity index is 1230. The highest BCUT2D eigenvalue weighted by molar-refractivity contribution is 7.89. The number of rotatable bonds is 4. The maximum absolute atomic E-state index is 13.3. The summed E-state index contributed by atoms with van der Waals surface area (Å²) >= 11 is 0. The standard InChI is InChI=1S/C23H18N2O5S/c26-24(27)20-13-15-22(16-14-20)31(28,29)25-21(12-11-18-7-3-1-4-8-18)17-23(30-25)19-9-5-2-6-10-19/h1-10,13-16,21,23H,17H2. The van der Waals surface area contributed by atoms with Crippen LogP contribution in [0.5, 0.6) is 0 Å². The second kappa shape index (κ2) is 8.70. The lowest BCUT2D eigenvalue weighted by atomic mass is 10.0. The predicted molar refractivity (Wildman–Crippen MR) is 114 cm³/mol. The molecule has 156 valence electrons. The molecule has 3 aromatic rings. The number of nitro groups is 1. The van der Waals surface area contributed by atoms with Gasteiger partial charge in [-0.1, -0.05) is 64.8 Å². The average molecular weight is 434 g/mol. The molecule has 0 amide bonds. The molecule has 1 aliphatic heterocycles. The van der Waals surface area contributed by atoms with Crippen molar-refractivity contribution in [2.24, 2.45) is 0 Å².